The molecule has 1 aromatic carbocycles. The van der Waals surface area contributed by atoms with Gasteiger partial charge in [0.25, 0.3) is 0 Å². The van der Waals surface area contributed by atoms with Crippen LogP contribution in [0.2, 0.25) is 0 Å². The van der Waals surface area contributed by atoms with E-state index < -0.39 is 5.54 Å². The molecule has 2 aliphatic rings. The van der Waals surface area contributed by atoms with Crippen LogP contribution in [0.3, 0.4) is 0 Å². The summed E-state index contributed by atoms with van der Waals surface area (Å²) in [5, 5.41) is 0. The van der Waals surface area contributed by atoms with Gasteiger partial charge in [0.2, 0.25) is 0 Å². The van der Waals surface area contributed by atoms with Crippen LogP contribution in [0.25, 0.3) is 0 Å². The molecule has 0 unspecified atom stereocenters. The molecule has 0 bridgehead atoms. The van der Waals surface area contributed by atoms with Crippen molar-refractivity contribution in [2.75, 3.05) is 13.1 Å². The van der Waals surface area contributed by atoms with Gasteiger partial charge >= 0.3 is 0 Å². The van der Waals surface area contributed by atoms with Crippen LogP contribution >= 0.6 is 0 Å². The Morgan fingerprint density at radius 3 is 2.29 bits per heavy atom. The van der Waals surface area contributed by atoms with E-state index in [1.807, 2.05) is 19.9 Å². The molecule has 0 spiro atoms. The average molecular weight is 289 g/mol. The summed E-state index contributed by atoms with van der Waals surface area (Å²) in [6.45, 7) is 5.70. The summed E-state index contributed by atoms with van der Waals surface area (Å²) in [6.07, 6.45) is 6.25. The van der Waals surface area contributed by atoms with E-state index in [2.05, 4.69) is 4.90 Å². The molecule has 1 saturated heterocycles. The van der Waals surface area contributed by atoms with Crippen molar-refractivity contribution in [3.63, 3.8) is 0 Å². The van der Waals surface area contributed by atoms with E-state index in [4.69, 9.17) is 0 Å². The van der Waals surface area contributed by atoms with Gasteiger partial charge in [0.1, 0.15) is 5.82 Å². The van der Waals surface area contributed by atoms with Crippen LogP contribution in [0.1, 0.15) is 60.0 Å². The maximum absolute atomic E-state index is 14.4. The minimum Gasteiger partial charge on any atom is -0.292 e. The van der Waals surface area contributed by atoms with E-state index in [0.717, 1.165) is 62.7 Å². The van der Waals surface area contributed by atoms with Gasteiger partial charge < -0.3 is 0 Å². The van der Waals surface area contributed by atoms with Crippen LogP contribution in [0.4, 0.5) is 4.39 Å². The van der Waals surface area contributed by atoms with E-state index in [9.17, 15) is 9.18 Å². The van der Waals surface area contributed by atoms with Gasteiger partial charge in [-0.3, -0.25) is 9.69 Å². The zero-order valence-corrected chi connectivity index (χ0v) is 13.0. The second-order valence-electron chi connectivity index (χ2n) is 6.70. The maximum Gasteiger partial charge on any atom is 0.186 e. The van der Waals surface area contributed by atoms with Gasteiger partial charge in [0.05, 0.1) is 11.1 Å². The highest BCUT2D eigenvalue weighted by molar-refractivity contribution is 6.04. The summed E-state index contributed by atoms with van der Waals surface area (Å²) in [4.78, 5) is 15.6. The summed E-state index contributed by atoms with van der Waals surface area (Å²) in [5.74, 6) is -0.320. The molecule has 2 nitrogen and oxygen atoms in total. The molecular formula is C18H24FNO. The monoisotopic (exact) mass is 289 g/mol. The molecule has 2 fully saturated rings. The first-order chi connectivity index (χ1) is 10.0. The van der Waals surface area contributed by atoms with Crippen LogP contribution < -0.4 is 0 Å². The number of carbonyl (C=O) groups is 1. The molecule has 114 valence electrons. The molecule has 0 N–H and O–H groups in total. The van der Waals surface area contributed by atoms with Gasteiger partial charge in [0, 0.05) is 0 Å². The highest BCUT2D eigenvalue weighted by Gasteiger charge is 2.47. The van der Waals surface area contributed by atoms with E-state index in [1.54, 1.807) is 0 Å². The minimum atomic E-state index is -0.433. The normalized spacial score (nSPS) is 21.9. The number of halogens is 1. The smallest absolute Gasteiger partial charge is 0.186 e. The van der Waals surface area contributed by atoms with Crippen molar-refractivity contribution in [2.24, 2.45) is 0 Å². The molecule has 3 heteroatoms. The maximum atomic E-state index is 14.4. The van der Waals surface area contributed by atoms with E-state index in [-0.39, 0.29) is 11.6 Å². The van der Waals surface area contributed by atoms with Gasteiger partial charge in [-0.2, -0.15) is 0 Å². The van der Waals surface area contributed by atoms with Crippen molar-refractivity contribution >= 4 is 5.78 Å². The highest BCUT2D eigenvalue weighted by Crippen LogP contribution is 2.40. The van der Waals surface area contributed by atoms with Crippen LogP contribution in [0.5, 0.6) is 0 Å². The van der Waals surface area contributed by atoms with Gasteiger partial charge in [-0.05, 0) is 69.8 Å². The number of carbonyl (C=O) groups excluding carboxylic acids is 1. The Labute approximate surface area is 126 Å². The first kappa shape index (κ1) is 14.7. The average Bonchev–Trinajstić information content (AvgIpc) is 3.09. The minimum absolute atomic E-state index is 0.0249. The van der Waals surface area contributed by atoms with Crippen molar-refractivity contribution < 1.29 is 9.18 Å². The van der Waals surface area contributed by atoms with Gasteiger partial charge in [-0.25, -0.2) is 4.39 Å². The number of aryl methyl sites for hydroxylation is 2. The quantitative estimate of drug-likeness (QED) is 0.783. The predicted octanol–water partition coefficient (Wildman–Crippen LogP) is 4.03. The molecule has 21 heavy (non-hydrogen) atoms. The Hall–Kier alpha value is -1.22. The highest BCUT2D eigenvalue weighted by atomic mass is 19.1. The van der Waals surface area contributed by atoms with E-state index >= 15 is 0 Å². The first-order valence-corrected chi connectivity index (χ1v) is 8.11. The molecule has 1 aromatic rings. The zero-order valence-electron chi connectivity index (χ0n) is 13.0. The predicted molar refractivity (Wildman–Crippen MR) is 82.2 cm³/mol. The number of nitrogens with zero attached hydrogens (tertiary/aromatic N) is 1. The van der Waals surface area contributed by atoms with Crippen LogP contribution in [0, 0.1) is 19.7 Å². The van der Waals surface area contributed by atoms with E-state index in [0.29, 0.717) is 5.56 Å². The fraction of sp³-hybridized carbons (Fsp3) is 0.611. The lowest BCUT2D eigenvalue weighted by atomic mass is 9.83. The molecule has 1 aliphatic carbocycles. The summed E-state index contributed by atoms with van der Waals surface area (Å²) >= 11 is 0. The van der Waals surface area contributed by atoms with Crippen molar-refractivity contribution in [1.82, 2.24) is 4.90 Å². The second kappa shape index (κ2) is 5.53. The molecule has 0 aromatic heterocycles. The summed E-state index contributed by atoms with van der Waals surface area (Å²) < 4.78 is 14.4. The summed E-state index contributed by atoms with van der Waals surface area (Å²) in [6, 6.07) is 3.41. The first-order valence-electron chi connectivity index (χ1n) is 8.11. The number of hydrogen-bond acceptors (Lipinski definition) is 2. The lowest BCUT2D eigenvalue weighted by Gasteiger charge is -2.37. The van der Waals surface area contributed by atoms with Gasteiger partial charge in [-0.1, -0.05) is 18.9 Å². The number of hydrogen-bond donors (Lipinski definition) is 0. The SMILES string of the molecule is Cc1cc(C)c(C(=O)C2(N3CCCC3)CCCC2)c(F)c1. The Morgan fingerprint density at radius 2 is 1.71 bits per heavy atom. The topological polar surface area (TPSA) is 20.3 Å². The fourth-order valence-corrected chi connectivity index (χ4v) is 4.23. The second-order valence-corrected chi connectivity index (χ2v) is 6.70. The Kier molecular flexibility index (Phi) is 3.87. The van der Waals surface area contributed by atoms with Crippen molar-refractivity contribution in [2.45, 2.75) is 57.9 Å². The third kappa shape index (κ3) is 2.42. The van der Waals surface area contributed by atoms with Crippen LogP contribution in [0.15, 0.2) is 12.1 Å². The van der Waals surface area contributed by atoms with Crippen LogP contribution in [-0.4, -0.2) is 29.3 Å². The number of Topliss-reactive ketones (excluding diaryl/α,β-unsaturated/α-hetero) is 1. The lowest BCUT2D eigenvalue weighted by Crippen LogP contribution is -2.51. The van der Waals surface area contributed by atoms with Crippen molar-refractivity contribution in [3.8, 4) is 0 Å². The fourth-order valence-electron chi connectivity index (χ4n) is 4.23. The third-order valence-electron chi connectivity index (χ3n) is 5.22. The zero-order chi connectivity index (χ0) is 15.0. The van der Waals surface area contributed by atoms with Crippen molar-refractivity contribution in [1.29, 1.82) is 0 Å². The van der Waals surface area contributed by atoms with E-state index in [1.165, 1.54) is 6.07 Å². The number of rotatable bonds is 3. The Balaban J connectivity index is 2.02. The summed E-state index contributed by atoms with van der Waals surface area (Å²) in [7, 11) is 0. The standard InChI is InChI=1S/C18H24FNO/c1-13-11-14(2)16(15(19)12-13)17(21)18(7-3-4-8-18)20-9-5-6-10-20/h11-12H,3-10H2,1-2H3. The largest absolute Gasteiger partial charge is 0.292 e. The van der Waals surface area contributed by atoms with Crippen molar-refractivity contribution in [3.05, 3.63) is 34.6 Å². The molecule has 0 atom stereocenters. The molecule has 1 aliphatic heterocycles. The lowest BCUT2D eigenvalue weighted by molar-refractivity contribution is 0.0621. The molecule has 0 radical (unpaired) electrons. The van der Waals surface area contributed by atoms with Crippen LogP contribution in [-0.2, 0) is 0 Å². The molecule has 0 amide bonds. The molecule has 3 rings (SSSR count). The molecule has 1 heterocycles. The third-order valence-corrected chi connectivity index (χ3v) is 5.22. The molecular weight excluding hydrogens is 265 g/mol. The number of benzene rings is 1. The van der Waals surface area contributed by atoms with Gasteiger partial charge in [0.15, 0.2) is 5.78 Å². The number of ketones is 1. The van der Waals surface area contributed by atoms with Gasteiger partial charge in [-0.15, -0.1) is 0 Å². The summed E-state index contributed by atoms with van der Waals surface area (Å²) in [5.41, 5.74) is 1.55. The number of likely N-dealkylation sites (tertiary alicyclic amines) is 1. The Morgan fingerprint density at radius 1 is 1.10 bits per heavy atom. The Bertz CT molecular complexity index is 531. The molecule has 1 saturated carbocycles.